The van der Waals surface area contributed by atoms with Crippen LogP contribution in [-0.2, 0) is 14.3 Å². The standard InChI is InChI=1S/C21H29ClN2O3.C2H4O2/c1-13-11-15(22)8-9-17(13)21(26)24-18-12-14(7-10-19(18)27-2)20(25)23-16-5-3-4-6-16;1-2(3)4/h8-9,11,14,16,18-19H,3-7,10,12H2,1-2H3,(H,23,25)(H,24,26);1H3,(H,3,4)/t14-,18+,19+;/m0./s1. The molecule has 2 aliphatic carbocycles. The molecule has 2 amide bonds. The van der Waals surface area contributed by atoms with E-state index in [2.05, 4.69) is 10.6 Å². The SMILES string of the molecule is CC(=O)O.CO[C@@H]1CC[C@H](C(=O)NC2CCCC2)C[C@H]1NC(=O)c1ccc(Cl)cc1C. The number of hydrogen-bond acceptors (Lipinski definition) is 4. The zero-order valence-electron chi connectivity index (χ0n) is 18.4. The van der Waals surface area contributed by atoms with Crippen LogP contribution in [-0.4, -0.2) is 48.2 Å². The number of halogens is 1. The summed E-state index contributed by atoms with van der Waals surface area (Å²) in [4.78, 5) is 34.4. The first-order valence-corrected chi connectivity index (χ1v) is 11.2. The number of aryl methyl sites for hydroxylation is 1. The number of carboxylic acids is 1. The average Bonchev–Trinajstić information content (AvgIpc) is 3.20. The van der Waals surface area contributed by atoms with Crippen molar-refractivity contribution in [2.24, 2.45) is 5.92 Å². The molecule has 0 heterocycles. The number of amides is 2. The molecular weight excluding hydrogens is 420 g/mol. The van der Waals surface area contributed by atoms with Gasteiger partial charge in [0.1, 0.15) is 0 Å². The highest BCUT2D eigenvalue weighted by Gasteiger charge is 2.36. The van der Waals surface area contributed by atoms with Crippen molar-refractivity contribution in [1.29, 1.82) is 0 Å². The summed E-state index contributed by atoms with van der Waals surface area (Å²) in [5.41, 5.74) is 1.44. The summed E-state index contributed by atoms with van der Waals surface area (Å²) < 4.78 is 5.58. The average molecular weight is 453 g/mol. The van der Waals surface area contributed by atoms with E-state index < -0.39 is 5.97 Å². The fraction of sp³-hybridized carbons (Fsp3) is 0.609. The molecule has 3 atom stereocenters. The van der Waals surface area contributed by atoms with Crippen LogP contribution < -0.4 is 10.6 Å². The van der Waals surface area contributed by atoms with Crippen molar-refractivity contribution in [2.75, 3.05) is 7.11 Å². The number of aliphatic carboxylic acids is 1. The summed E-state index contributed by atoms with van der Waals surface area (Å²) in [6.45, 7) is 2.95. The minimum absolute atomic E-state index is 0.0721. The Morgan fingerprint density at radius 1 is 1.10 bits per heavy atom. The van der Waals surface area contributed by atoms with Crippen LogP contribution in [0.3, 0.4) is 0 Å². The molecule has 8 heteroatoms. The molecule has 31 heavy (non-hydrogen) atoms. The molecule has 2 aliphatic rings. The number of nitrogens with one attached hydrogen (secondary N) is 2. The molecule has 1 aromatic rings. The van der Waals surface area contributed by atoms with Crippen molar-refractivity contribution in [3.63, 3.8) is 0 Å². The number of methoxy groups -OCH3 is 1. The molecule has 3 N–H and O–H groups in total. The quantitative estimate of drug-likeness (QED) is 0.631. The van der Waals surface area contributed by atoms with Gasteiger partial charge in [-0.25, -0.2) is 0 Å². The molecule has 7 nitrogen and oxygen atoms in total. The van der Waals surface area contributed by atoms with E-state index in [0.29, 0.717) is 23.0 Å². The van der Waals surface area contributed by atoms with Gasteiger partial charge in [-0.15, -0.1) is 0 Å². The lowest BCUT2D eigenvalue weighted by Gasteiger charge is -2.35. The monoisotopic (exact) mass is 452 g/mol. The van der Waals surface area contributed by atoms with E-state index in [9.17, 15) is 9.59 Å². The number of ether oxygens (including phenoxy) is 1. The first-order valence-electron chi connectivity index (χ1n) is 10.8. The van der Waals surface area contributed by atoms with E-state index in [1.54, 1.807) is 25.3 Å². The Labute approximate surface area is 188 Å². The van der Waals surface area contributed by atoms with E-state index in [1.165, 1.54) is 12.8 Å². The van der Waals surface area contributed by atoms with Crippen LogP contribution in [0.2, 0.25) is 5.02 Å². The lowest BCUT2D eigenvalue weighted by molar-refractivity contribution is -0.134. The summed E-state index contributed by atoms with van der Waals surface area (Å²) in [7, 11) is 1.66. The van der Waals surface area contributed by atoms with Crippen molar-refractivity contribution >= 4 is 29.4 Å². The van der Waals surface area contributed by atoms with Crippen molar-refractivity contribution in [3.05, 3.63) is 34.3 Å². The molecule has 0 unspecified atom stereocenters. The smallest absolute Gasteiger partial charge is 0.300 e. The summed E-state index contributed by atoms with van der Waals surface area (Å²) in [5.74, 6) is -0.931. The van der Waals surface area contributed by atoms with Crippen molar-refractivity contribution in [1.82, 2.24) is 10.6 Å². The Bertz CT molecular complexity index is 775. The van der Waals surface area contributed by atoms with Crippen LogP contribution in [0.1, 0.15) is 67.8 Å². The second-order valence-electron chi connectivity index (χ2n) is 8.33. The summed E-state index contributed by atoms with van der Waals surface area (Å²) in [6, 6.07) is 5.38. The summed E-state index contributed by atoms with van der Waals surface area (Å²) in [5, 5.41) is 14.3. The molecule has 2 fully saturated rings. The zero-order valence-corrected chi connectivity index (χ0v) is 19.2. The Balaban J connectivity index is 0.000000785. The number of carbonyl (C=O) groups excluding carboxylic acids is 2. The maximum atomic E-state index is 12.8. The molecule has 0 bridgehead atoms. The first kappa shape index (κ1) is 25.1. The highest BCUT2D eigenvalue weighted by Crippen LogP contribution is 2.28. The van der Waals surface area contributed by atoms with E-state index in [0.717, 1.165) is 38.2 Å². The Morgan fingerprint density at radius 2 is 1.74 bits per heavy atom. The molecule has 2 saturated carbocycles. The van der Waals surface area contributed by atoms with Gasteiger partial charge in [0.05, 0.1) is 12.1 Å². The van der Waals surface area contributed by atoms with Gasteiger partial charge in [-0.2, -0.15) is 0 Å². The fourth-order valence-corrected chi connectivity index (χ4v) is 4.56. The molecule has 3 rings (SSSR count). The van der Waals surface area contributed by atoms with Crippen molar-refractivity contribution < 1.29 is 24.2 Å². The van der Waals surface area contributed by atoms with E-state index >= 15 is 0 Å². The lowest BCUT2D eigenvalue weighted by atomic mass is 9.82. The zero-order chi connectivity index (χ0) is 23.0. The molecule has 0 aliphatic heterocycles. The van der Waals surface area contributed by atoms with Crippen molar-refractivity contribution in [3.8, 4) is 0 Å². The van der Waals surface area contributed by atoms with Gasteiger partial charge in [0.25, 0.3) is 11.9 Å². The van der Waals surface area contributed by atoms with E-state index in [4.69, 9.17) is 26.2 Å². The van der Waals surface area contributed by atoms with Gasteiger partial charge in [-0.05, 0) is 62.8 Å². The number of rotatable bonds is 5. The van der Waals surface area contributed by atoms with E-state index in [-0.39, 0.29) is 29.9 Å². The molecule has 0 saturated heterocycles. The second-order valence-corrected chi connectivity index (χ2v) is 8.77. The first-order chi connectivity index (χ1) is 14.7. The largest absolute Gasteiger partial charge is 0.481 e. The maximum Gasteiger partial charge on any atom is 0.300 e. The molecule has 1 aromatic carbocycles. The summed E-state index contributed by atoms with van der Waals surface area (Å²) in [6.07, 6.45) is 6.64. The van der Waals surface area contributed by atoms with Gasteiger partial charge < -0.3 is 20.5 Å². The number of carboxylic acid groups (broad SMARTS) is 1. The third-order valence-corrected chi connectivity index (χ3v) is 6.15. The van der Waals surface area contributed by atoms with Gasteiger partial charge in [-0.1, -0.05) is 24.4 Å². The third-order valence-electron chi connectivity index (χ3n) is 5.91. The molecule has 0 spiro atoms. The van der Waals surface area contributed by atoms with E-state index in [1.807, 2.05) is 6.92 Å². The van der Waals surface area contributed by atoms with Gasteiger partial charge in [0, 0.05) is 36.6 Å². The normalized spacial score (nSPS) is 23.4. The topological polar surface area (TPSA) is 105 Å². The highest BCUT2D eigenvalue weighted by molar-refractivity contribution is 6.30. The number of carbonyl (C=O) groups is 3. The lowest BCUT2D eigenvalue weighted by Crippen LogP contribution is -2.51. The minimum Gasteiger partial charge on any atom is -0.481 e. The predicted molar refractivity (Wildman–Crippen MR) is 119 cm³/mol. The van der Waals surface area contributed by atoms with Gasteiger partial charge in [0.2, 0.25) is 5.91 Å². The number of hydrogen-bond donors (Lipinski definition) is 3. The Morgan fingerprint density at radius 3 is 2.32 bits per heavy atom. The molecule has 0 radical (unpaired) electrons. The second kappa shape index (κ2) is 12.1. The highest BCUT2D eigenvalue weighted by atomic mass is 35.5. The van der Waals surface area contributed by atoms with Crippen LogP contribution >= 0.6 is 11.6 Å². The summed E-state index contributed by atoms with van der Waals surface area (Å²) >= 11 is 5.99. The van der Waals surface area contributed by atoms with Gasteiger partial charge in [0.15, 0.2) is 0 Å². The van der Waals surface area contributed by atoms with Crippen molar-refractivity contribution in [2.45, 2.75) is 77.0 Å². The minimum atomic E-state index is -0.833. The number of benzene rings is 1. The molecular formula is C23H33ClN2O5. The maximum absolute atomic E-state index is 12.8. The van der Waals surface area contributed by atoms with Crippen LogP contribution in [0.4, 0.5) is 0 Å². The van der Waals surface area contributed by atoms with Crippen LogP contribution in [0, 0.1) is 12.8 Å². The Kier molecular flexibility index (Phi) is 9.78. The Hall–Kier alpha value is -2.12. The molecule has 172 valence electrons. The third kappa shape index (κ3) is 7.82. The van der Waals surface area contributed by atoms with Crippen LogP contribution in [0.15, 0.2) is 18.2 Å². The van der Waals surface area contributed by atoms with Crippen LogP contribution in [0.5, 0.6) is 0 Å². The fourth-order valence-electron chi connectivity index (χ4n) is 4.33. The predicted octanol–water partition coefficient (Wildman–Crippen LogP) is 3.71. The molecule has 0 aromatic heterocycles. The van der Waals surface area contributed by atoms with Gasteiger partial charge in [-0.3, -0.25) is 14.4 Å². The van der Waals surface area contributed by atoms with Crippen LogP contribution in [0.25, 0.3) is 0 Å². The van der Waals surface area contributed by atoms with Gasteiger partial charge >= 0.3 is 0 Å².